The number of carbonyl (C=O) groups excluding carboxylic acids is 1. The smallest absolute Gasteiger partial charge is 0.255 e. The molecule has 0 saturated carbocycles. The van der Waals surface area contributed by atoms with E-state index in [-0.39, 0.29) is 18.1 Å². The van der Waals surface area contributed by atoms with Gasteiger partial charge in [-0.2, -0.15) is 0 Å². The highest BCUT2D eigenvalue weighted by Crippen LogP contribution is 2.37. The fourth-order valence-corrected chi connectivity index (χ4v) is 3.51. The van der Waals surface area contributed by atoms with Crippen molar-refractivity contribution in [3.8, 4) is 11.5 Å². The molecule has 0 aromatic heterocycles. The van der Waals surface area contributed by atoms with E-state index in [0.29, 0.717) is 31.1 Å². The first-order chi connectivity index (χ1) is 13.0. The molecule has 0 fully saturated rings. The Morgan fingerprint density at radius 3 is 2.52 bits per heavy atom. The van der Waals surface area contributed by atoms with Crippen LogP contribution in [0.1, 0.15) is 47.8 Å². The fraction of sp³-hybridized carbons (Fsp3) is 0.409. The van der Waals surface area contributed by atoms with Crippen LogP contribution >= 0.6 is 0 Å². The summed E-state index contributed by atoms with van der Waals surface area (Å²) in [6, 6.07) is 13.6. The molecule has 1 aliphatic heterocycles. The zero-order chi connectivity index (χ0) is 19.4. The Hall–Kier alpha value is -2.53. The highest BCUT2D eigenvalue weighted by Gasteiger charge is 2.33. The third-order valence-electron chi connectivity index (χ3n) is 4.76. The van der Waals surface area contributed by atoms with Gasteiger partial charge in [-0.15, -0.1) is 0 Å². The number of methoxy groups -OCH3 is 2. The SMILES string of the molecule is COCCC(c1ccc(OC)c(OC(C)C)c1)N1Cc2ccccc2C1=O. The number of rotatable bonds is 8. The van der Waals surface area contributed by atoms with Crippen molar-refractivity contribution >= 4 is 5.91 Å². The zero-order valence-electron chi connectivity index (χ0n) is 16.4. The molecule has 1 aliphatic rings. The third kappa shape index (κ3) is 4.08. The molecule has 0 bridgehead atoms. The van der Waals surface area contributed by atoms with Crippen LogP contribution in [-0.2, 0) is 11.3 Å². The number of ether oxygens (including phenoxy) is 3. The molecule has 5 heteroatoms. The van der Waals surface area contributed by atoms with Crippen LogP contribution in [0.25, 0.3) is 0 Å². The normalized spacial score (nSPS) is 14.4. The molecule has 0 saturated heterocycles. The second-order valence-electron chi connectivity index (χ2n) is 6.96. The van der Waals surface area contributed by atoms with Crippen molar-refractivity contribution in [2.24, 2.45) is 0 Å². The standard InChI is InChI=1S/C22H27NO4/c1-15(2)27-21-13-16(9-10-20(21)26-4)19(11-12-25-3)23-14-17-7-5-6-8-18(17)22(23)24/h5-10,13,15,19H,11-12,14H2,1-4H3. The second-order valence-corrected chi connectivity index (χ2v) is 6.96. The topological polar surface area (TPSA) is 48.0 Å². The third-order valence-corrected chi connectivity index (χ3v) is 4.76. The molecule has 2 aromatic carbocycles. The highest BCUT2D eigenvalue weighted by atomic mass is 16.5. The summed E-state index contributed by atoms with van der Waals surface area (Å²) in [4.78, 5) is 14.9. The lowest BCUT2D eigenvalue weighted by Gasteiger charge is -2.29. The van der Waals surface area contributed by atoms with Gasteiger partial charge in [0, 0.05) is 25.8 Å². The van der Waals surface area contributed by atoms with Gasteiger partial charge >= 0.3 is 0 Å². The average Bonchev–Trinajstić information content (AvgIpc) is 2.99. The Balaban J connectivity index is 1.95. The van der Waals surface area contributed by atoms with Crippen molar-refractivity contribution < 1.29 is 19.0 Å². The van der Waals surface area contributed by atoms with Gasteiger partial charge in [-0.3, -0.25) is 4.79 Å². The van der Waals surface area contributed by atoms with Crippen LogP contribution in [0.2, 0.25) is 0 Å². The summed E-state index contributed by atoms with van der Waals surface area (Å²) in [7, 11) is 3.31. The maximum atomic E-state index is 13.0. The Kier molecular flexibility index (Phi) is 6.01. The highest BCUT2D eigenvalue weighted by molar-refractivity contribution is 5.98. The van der Waals surface area contributed by atoms with Gasteiger partial charge in [0.2, 0.25) is 0 Å². The number of hydrogen-bond acceptors (Lipinski definition) is 4. The lowest BCUT2D eigenvalue weighted by atomic mass is 10.0. The van der Waals surface area contributed by atoms with Crippen molar-refractivity contribution in [2.45, 2.75) is 39.0 Å². The first kappa shape index (κ1) is 19.2. The number of benzene rings is 2. The summed E-state index contributed by atoms with van der Waals surface area (Å²) in [6.45, 7) is 5.14. The quantitative estimate of drug-likeness (QED) is 0.699. The molecular weight excluding hydrogens is 342 g/mol. The number of hydrogen-bond donors (Lipinski definition) is 0. The Bertz CT molecular complexity index is 803. The molecule has 0 radical (unpaired) electrons. The minimum atomic E-state index is -0.0923. The molecule has 1 atom stereocenters. The van der Waals surface area contributed by atoms with Gasteiger partial charge < -0.3 is 19.1 Å². The molecule has 0 spiro atoms. The van der Waals surface area contributed by atoms with Crippen LogP contribution in [0.3, 0.4) is 0 Å². The number of carbonyl (C=O) groups is 1. The monoisotopic (exact) mass is 369 g/mol. The number of fused-ring (bicyclic) bond motifs is 1. The van der Waals surface area contributed by atoms with Gasteiger partial charge in [0.15, 0.2) is 11.5 Å². The van der Waals surface area contributed by atoms with Crippen molar-refractivity contribution in [1.29, 1.82) is 0 Å². The molecule has 0 aliphatic carbocycles. The maximum Gasteiger partial charge on any atom is 0.255 e. The van der Waals surface area contributed by atoms with Crippen LogP contribution < -0.4 is 9.47 Å². The van der Waals surface area contributed by atoms with E-state index in [1.807, 2.05) is 61.2 Å². The summed E-state index contributed by atoms with van der Waals surface area (Å²) in [5.41, 5.74) is 2.87. The molecule has 3 rings (SSSR count). The molecule has 0 N–H and O–H groups in total. The first-order valence-electron chi connectivity index (χ1n) is 9.27. The van der Waals surface area contributed by atoms with Gasteiger partial charge in [0.05, 0.1) is 19.3 Å². The molecular formula is C22H27NO4. The predicted octanol–water partition coefficient (Wildman–Crippen LogP) is 4.22. The largest absolute Gasteiger partial charge is 0.493 e. The van der Waals surface area contributed by atoms with Crippen molar-refractivity contribution in [3.63, 3.8) is 0 Å². The summed E-state index contributed by atoms with van der Waals surface area (Å²) in [5, 5.41) is 0. The molecule has 5 nitrogen and oxygen atoms in total. The van der Waals surface area contributed by atoms with Gasteiger partial charge in [-0.25, -0.2) is 0 Å². The molecule has 1 heterocycles. The minimum Gasteiger partial charge on any atom is -0.493 e. The van der Waals surface area contributed by atoms with Crippen LogP contribution in [0.4, 0.5) is 0 Å². The Labute approximate surface area is 160 Å². The van der Waals surface area contributed by atoms with E-state index in [9.17, 15) is 4.79 Å². The van der Waals surface area contributed by atoms with Crippen LogP contribution in [0, 0.1) is 0 Å². The zero-order valence-corrected chi connectivity index (χ0v) is 16.4. The van der Waals surface area contributed by atoms with Crippen molar-refractivity contribution in [2.75, 3.05) is 20.8 Å². The van der Waals surface area contributed by atoms with E-state index in [1.165, 1.54) is 0 Å². The summed E-state index contributed by atoms with van der Waals surface area (Å²) < 4.78 is 16.7. The van der Waals surface area contributed by atoms with E-state index in [4.69, 9.17) is 14.2 Å². The van der Waals surface area contributed by atoms with E-state index in [0.717, 1.165) is 16.7 Å². The molecule has 1 unspecified atom stereocenters. The predicted molar refractivity (Wildman–Crippen MR) is 104 cm³/mol. The summed E-state index contributed by atoms with van der Waals surface area (Å²) in [6.07, 6.45) is 0.744. The lowest BCUT2D eigenvalue weighted by molar-refractivity contribution is 0.0652. The van der Waals surface area contributed by atoms with Crippen molar-refractivity contribution in [3.05, 3.63) is 59.2 Å². The van der Waals surface area contributed by atoms with Crippen LogP contribution in [-0.4, -0.2) is 37.7 Å². The first-order valence-corrected chi connectivity index (χ1v) is 9.27. The minimum absolute atomic E-state index is 0.0317. The maximum absolute atomic E-state index is 13.0. The number of amides is 1. The van der Waals surface area contributed by atoms with Gasteiger partial charge in [0.1, 0.15) is 0 Å². The molecule has 1 amide bonds. The van der Waals surface area contributed by atoms with E-state index < -0.39 is 0 Å². The molecule has 2 aromatic rings. The van der Waals surface area contributed by atoms with Crippen LogP contribution in [0.5, 0.6) is 11.5 Å². The van der Waals surface area contributed by atoms with Gasteiger partial charge in [0.25, 0.3) is 5.91 Å². The second kappa shape index (κ2) is 8.44. The van der Waals surface area contributed by atoms with E-state index >= 15 is 0 Å². The van der Waals surface area contributed by atoms with E-state index in [2.05, 4.69) is 0 Å². The average molecular weight is 369 g/mol. The van der Waals surface area contributed by atoms with Crippen molar-refractivity contribution in [1.82, 2.24) is 4.90 Å². The summed E-state index contributed by atoms with van der Waals surface area (Å²) >= 11 is 0. The molecule has 27 heavy (non-hydrogen) atoms. The summed E-state index contributed by atoms with van der Waals surface area (Å²) in [5.74, 6) is 1.44. The molecule has 144 valence electrons. The van der Waals surface area contributed by atoms with Gasteiger partial charge in [-0.05, 0) is 49.6 Å². The fourth-order valence-electron chi connectivity index (χ4n) is 3.51. The Morgan fingerprint density at radius 2 is 1.85 bits per heavy atom. The van der Waals surface area contributed by atoms with E-state index in [1.54, 1.807) is 14.2 Å². The Morgan fingerprint density at radius 1 is 1.07 bits per heavy atom. The number of nitrogens with zero attached hydrogens (tertiary/aromatic N) is 1. The van der Waals surface area contributed by atoms with Crippen LogP contribution in [0.15, 0.2) is 42.5 Å². The lowest BCUT2D eigenvalue weighted by Crippen LogP contribution is -2.30. The van der Waals surface area contributed by atoms with Gasteiger partial charge in [-0.1, -0.05) is 24.3 Å².